The lowest BCUT2D eigenvalue weighted by atomic mass is 10.2. The van der Waals surface area contributed by atoms with Crippen molar-refractivity contribution >= 4 is 22.4 Å². The van der Waals surface area contributed by atoms with Gasteiger partial charge in [0.25, 0.3) is 5.91 Å². The van der Waals surface area contributed by atoms with Gasteiger partial charge in [-0.3, -0.25) is 4.79 Å². The van der Waals surface area contributed by atoms with Crippen molar-refractivity contribution in [2.75, 3.05) is 25.9 Å². The Morgan fingerprint density at radius 1 is 1.38 bits per heavy atom. The quantitative estimate of drug-likeness (QED) is 0.767. The normalized spacial score (nSPS) is 10.8. The lowest BCUT2D eigenvalue weighted by Crippen LogP contribution is -2.28. The summed E-state index contributed by atoms with van der Waals surface area (Å²) in [5.41, 5.74) is 7.20. The molecule has 3 N–H and O–H groups in total. The average molecular weight is 304 g/mol. The Hall–Kier alpha value is -1.92. The van der Waals surface area contributed by atoms with E-state index in [0.717, 1.165) is 19.5 Å². The summed E-state index contributed by atoms with van der Waals surface area (Å²) < 4.78 is 0. The number of carbonyl (C=O) groups excluding carboxylic acids is 1. The number of hydrogen-bond acceptors (Lipinski definition) is 5. The monoisotopic (exact) mass is 304 g/mol. The molecule has 1 aromatic heterocycles. The highest BCUT2D eigenvalue weighted by Crippen LogP contribution is 2.10. The molecule has 1 amide bonds. The van der Waals surface area contributed by atoms with Crippen LogP contribution in [0.2, 0.25) is 0 Å². The molecule has 5 nitrogen and oxygen atoms in total. The lowest BCUT2D eigenvalue weighted by molar-refractivity contribution is 0.0947. The summed E-state index contributed by atoms with van der Waals surface area (Å²) in [4.78, 5) is 18.0. The molecule has 0 fully saturated rings. The minimum absolute atomic E-state index is 0.159. The number of carbonyl (C=O) groups is 1. The van der Waals surface area contributed by atoms with Crippen LogP contribution in [0.5, 0.6) is 0 Å². The van der Waals surface area contributed by atoms with Gasteiger partial charge >= 0.3 is 0 Å². The van der Waals surface area contributed by atoms with Crippen LogP contribution in [-0.2, 0) is 6.54 Å². The Bertz CT molecular complexity index is 570. The topological polar surface area (TPSA) is 71.2 Å². The van der Waals surface area contributed by atoms with Crippen LogP contribution in [0.25, 0.3) is 0 Å². The predicted octanol–water partition coefficient (Wildman–Crippen LogP) is 1.98. The van der Waals surface area contributed by atoms with Gasteiger partial charge in [0.2, 0.25) is 0 Å². The third-order valence-corrected chi connectivity index (χ3v) is 3.73. The minimum Gasteiger partial charge on any atom is -0.375 e. The van der Waals surface area contributed by atoms with Gasteiger partial charge in [-0.25, -0.2) is 4.98 Å². The van der Waals surface area contributed by atoms with Gasteiger partial charge in [-0.05, 0) is 25.6 Å². The molecule has 6 heteroatoms. The van der Waals surface area contributed by atoms with E-state index in [1.54, 1.807) is 5.38 Å². The molecular weight excluding hydrogens is 284 g/mol. The molecule has 0 aliphatic carbocycles. The van der Waals surface area contributed by atoms with Crippen LogP contribution < -0.4 is 11.1 Å². The predicted molar refractivity (Wildman–Crippen MR) is 86.3 cm³/mol. The van der Waals surface area contributed by atoms with Crippen LogP contribution in [0.4, 0.5) is 5.13 Å². The van der Waals surface area contributed by atoms with Crippen molar-refractivity contribution in [1.29, 1.82) is 0 Å². The summed E-state index contributed by atoms with van der Waals surface area (Å²) in [5, 5.41) is 4.95. The van der Waals surface area contributed by atoms with Crippen molar-refractivity contribution in [3.05, 3.63) is 47.0 Å². The van der Waals surface area contributed by atoms with Crippen LogP contribution in [0, 0.1) is 0 Å². The summed E-state index contributed by atoms with van der Waals surface area (Å²) in [6.07, 6.45) is 0.898. The number of nitrogens with one attached hydrogen (secondary N) is 1. The molecule has 0 saturated carbocycles. The maximum absolute atomic E-state index is 11.8. The molecule has 0 spiro atoms. The molecule has 112 valence electrons. The summed E-state index contributed by atoms with van der Waals surface area (Å²) in [7, 11) is 2.08. The Balaban J connectivity index is 1.64. The van der Waals surface area contributed by atoms with Crippen LogP contribution in [0.3, 0.4) is 0 Å². The van der Waals surface area contributed by atoms with Crippen molar-refractivity contribution in [3.8, 4) is 0 Å². The number of aromatic nitrogens is 1. The lowest BCUT2D eigenvalue weighted by Gasteiger charge is -2.16. The smallest absolute Gasteiger partial charge is 0.270 e. The van der Waals surface area contributed by atoms with Crippen LogP contribution in [-0.4, -0.2) is 35.9 Å². The molecule has 0 saturated heterocycles. The molecule has 0 radical (unpaired) electrons. The Morgan fingerprint density at radius 3 is 2.81 bits per heavy atom. The minimum atomic E-state index is -0.159. The summed E-state index contributed by atoms with van der Waals surface area (Å²) in [6, 6.07) is 10.3. The molecule has 0 aliphatic rings. The van der Waals surface area contributed by atoms with Gasteiger partial charge in [0, 0.05) is 18.5 Å². The SMILES string of the molecule is CN(CCCNC(=O)c1csc(N)n1)Cc1ccccc1. The van der Waals surface area contributed by atoms with Gasteiger partial charge in [0.15, 0.2) is 5.13 Å². The van der Waals surface area contributed by atoms with Gasteiger partial charge in [-0.1, -0.05) is 30.3 Å². The van der Waals surface area contributed by atoms with Crippen molar-refractivity contribution in [1.82, 2.24) is 15.2 Å². The zero-order valence-corrected chi connectivity index (χ0v) is 12.9. The first-order valence-corrected chi connectivity index (χ1v) is 7.75. The number of nitrogens with zero attached hydrogens (tertiary/aromatic N) is 2. The number of amides is 1. The zero-order chi connectivity index (χ0) is 15.1. The molecule has 0 atom stereocenters. The Kier molecular flexibility index (Phi) is 5.71. The fraction of sp³-hybridized carbons (Fsp3) is 0.333. The molecule has 21 heavy (non-hydrogen) atoms. The summed E-state index contributed by atoms with van der Waals surface area (Å²) in [5.74, 6) is -0.159. The number of nitrogens with two attached hydrogens (primary N) is 1. The van der Waals surface area contributed by atoms with Gasteiger partial charge in [-0.2, -0.15) is 0 Å². The molecule has 0 bridgehead atoms. The van der Waals surface area contributed by atoms with Gasteiger partial charge in [-0.15, -0.1) is 11.3 Å². The first kappa shape index (κ1) is 15.5. The molecule has 2 rings (SSSR count). The number of hydrogen-bond donors (Lipinski definition) is 2. The second-order valence-electron chi connectivity index (χ2n) is 4.90. The first-order chi connectivity index (χ1) is 10.1. The largest absolute Gasteiger partial charge is 0.375 e. The average Bonchev–Trinajstić information content (AvgIpc) is 2.91. The number of rotatable bonds is 7. The highest BCUT2D eigenvalue weighted by atomic mass is 32.1. The fourth-order valence-electron chi connectivity index (χ4n) is 2.01. The number of nitrogen functional groups attached to an aromatic ring is 1. The maximum Gasteiger partial charge on any atom is 0.270 e. The van der Waals surface area contributed by atoms with Crippen LogP contribution in [0.1, 0.15) is 22.5 Å². The molecule has 1 aromatic carbocycles. The third kappa shape index (κ3) is 5.17. The van der Waals surface area contributed by atoms with E-state index in [1.165, 1.54) is 16.9 Å². The molecule has 1 heterocycles. The third-order valence-electron chi connectivity index (χ3n) is 3.05. The summed E-state index contributed by atoms with van der Waals surface area (Å²) in [6.45, 7) is 2.47. The van der Waals surface area contributed by atoms with Crippen molar-refractivity contribution in [3.63, 3.8) is 0 Å². The van der Waals surface area contributed by atoms with Gasteiger partial charge in [0.1, 0.15) is 5.69 Å². The van der Waals surface area contributed by atoms with E-state index in [4.69, 9.17) is 5.73 Å². The second kappa shape index (κ2) is 7.75. The van der Waals surface area contributed by atoms with Crippen LogP contribution in [0.15, 0.2) is 35.7 Å². The second-order valence-corrected chi connectivity index (χ2v) is 5.79. The molecule has 2 aromatic rings. The summed E-state index contributed by atoms with van der Waals surface area (Å²) >= 11 is 1.28. The first-order valence-electron chi connectivity index (χ1n) is 6.87. The van der Waals surface area contributed by atoms with Crippen molar-refractivity contribution in [2.24, 2.45) is 0 Å². The Labute approximate surface area is 128 Å². The standard InChI is InChI=1S/C15H20N4OS/c1-19(10-12-6-3-2-4-7-12)9-5-8-17-14(20)13-11-21-15(16)18-13/h2-4,6-7,11H,5,8-10H2,1H3,(H2,16,18)(H,17,20). The fourth-order valence-corrected chi connectivity index (χ4v) is 2.55. The van der Waals surface area contributed by atoms with E-state index < -0.39 is 0 Å². The van der Waals surface area contributed by atoms with E-state index in [1.807, 2.05) is 18.2 Å². The highest BCUT2D eigenvalue weighted by Gasteiger charge is 2.08. The molecule has 0 aliphatic heterocycles. The van der Waals surface area contributed by atoms with E-state index in [-0.39, 0.29) is 5.91 Å². The van der Waals surface area contributed by atoms with E-state index >= 15 is 0 Å². The van der Waals surface area contributed by atoms with Crippen LogP contribution >= 0.6 is 11.3 Å². The van der Waals surface area contributed by atoms with E-state index in [9.17, 15) is 4.79 Å². The van der Waals surface area contributed by atoms with Crippen molar-refractivity contribution < 1.29 is 4.79 Å². The van der Waals surface area contributed by atoms with Gasteiger partial charge in [0.05, 0.1) is 0 Å². The maximum atomic E-state index is 11.8. The van der Waals surface area contributed by atoms with E-state index in [0.29, 0.717) is 17.4 Å². The Morgan fingerprint density at radius 2 is 2.14 bits per heavy atom. The van der Waals surface area contributed by atoms with Crippen molar-refractivity contribution in [2.45, 2.75) is 13.0 Å². The number of anilines is 1. The number of benzene rings is 1. The van der Waals surface area contributed by atoms with Gasteiger partial charge < -0.3 is 16.0 Å². The number of thiazole rings is 1. The highest BCUT2D eigenvalue weighted by molar-refractivity contribution is 7.13. The zero-order valence-electron chi connectivity index (χ0n) is 12.1. The molecular formula is C15H20N4OS. The van der Waals surface area contributed by atoms with E-state index in [2.05, 4.69) is 34.4 Å². The molecule has 0 unspecified atom stereocenters.